The summed E-state index contributed by atoms with van der Waals surface area (Å²) >= 11 is 0. The number of aliphatic carboxylic acids is 1. The van der Waals surface area contributed by atoms with E-state index in [0.717, 1.165) is 29.8 Å². The Kier molecular flexibility index (Phi) is 3.93. The van der Waals surface area contributed by atoms with Crippen molar-refractivity contribution in [3.05, 3.63) is 17.0 Å². The molecule has 2 heterocycles. The van der Waals surface area contributed by atoms with Gasteiger partial charge in [0.25, 0.3) is 0 Å². The van der Waals surface area contributed by atoms with E-state index >= 15 is 0 Å². The number of likely N-dealkylation sites (tertiary alicyclic amines) is 1. The van der Waals surface area contributed by atoms with Gasteiger partial charge in [0.05, 0.1) is 11.6 Å². The molecular weight excluding hydrogens is 282 g/mol. The third-order valence-electron chi connectivity index (χ3n) is 5.13. The number of nitrogens with one attached hydrogen (secondary N) is 1. The van der Waals surface area contributed by atoms with Gasteiger partial charge in [-0.1, -0.05) is 0 Å². The number of hydrogen-bond donors (Lipinski definition) is 2. The van der Waals surface area contributed by atoms with E-state index in [-0.39, 0.29) is 17.7 Å². The van der Waals surface area contributed by atoms with E-state index in [1.807, 2.05) is 13.8 Å². The molecule has 1 amide bonds. The standard InChI is InChI=1S/C16H23N3O3/c1-9-12(10(2)18-17-9)5-6-15(20)19-7-13(11-3-4-11)14(8-19)16(21)22/h11,13-14H,3-8H2,1-2H3,(H,17,18)(H,21,22)/t13-,14+/m1/s1. The summed E-state index contributed by atoms with van der Waals surface area (Å²) in [4.78, 5) is 25.6. The van der Waals surface area contributed by atoms with E-state index in [9.17, 15) is 14.7 Å². The monoisotopic (exact) mass is 305 g/mol. The maximum absolute atomic E-state index is 12.4. The first-order valence-corrected chi connectivity index (χ1v) is 7.98. The zero-order valence-corrected chi connectivity index (χ0v) is 13.1. The Morgan fingerprint density at radius 3 is 2.59 bits per heavy atom. The molecule has 0 aromatic carbocycles. The van der Waals surface area contributed by atoms with Gasteiger partial charge in [-0.2, -0.15) is 5.10 Å². The number of nitrogens with zero attached hydrogens (tertiary/aromatic N) is 2. The normalized spacial score (nSPS) is 24.7. The smallest absolute Gasteiger partial charge is 0.308 e. The Morgan fingerprint density at radius 2 is 2.05 bits per heavy atom. The molecule has 2 fully saturated rings. The fourth-order valence-corrected chi connectivity index (χ4v) is 3.63. The number of aromatic amines is 1. The molecule has 0 bridgehead atoms. The van der Waals surface area contributed by atoms with Crippen molar-refractivity contribution in [2.75, 3.05) is 13.1 Å². The van der Waals surface area contributed by atoms with Crippen LogP contribution in [0.25, 0.3) is 0 Å². The molecule has 22 heavy (non-hydrogen) atoms. The number of carboxylic acid groups (broad SMARTS) is 1. The number of carboxylic acids is 1. The SMILES string of the molecule is Cc1n[nH]c(C)c1CCC(=O)N1C[C@H](C(=O)O)[C@@H](C2CC2)C1. The first-order valence-electron chi connectivity index (χ1n) is 7.98. The molecule has 1 saturated carbocycles. The highest BCUT2D eigenvalue weighted by molar-refractivity contribution is 5.79. The van der Waals surface area contributed by atoms with Crippen LogP contribution in [0.15, 0.2) is 0 Å². The predicted octanol–water partition coefficient (Wildman–Crippen LogP) is 1.53. The van der Waals surface area contributed by atoms with Crippen molar-refractivity contribution < 1.29 is 14.7 Å². The molecule has 6 heteroatoms. The Labute approximate surface area is 129 Å². The van der Waals surface area contributed by atoms with Gasteiger partial charge in [-0.15, -0.1) is 0 Å². The van der Waals surface area contributed by atoms with Crippen LogP contribution in [0.2, 0.25) is 0 Å². The van der Waals surface area contributed by atoms with Crippen molar-refractivity contribution in [2.24, 2.45) is 17.8 Å². The van der Waals surface area contributed by atoms with E-state index in [4.69, 9.17) is 0 Å². The fraction of sp³-hybridized carbons (Fsp3) is 0.688. The van der Waals surface area contributed by atoms with Crippen LogP contribution in [0.4, 0.5) is 0 Å². The molecule has 1 aliphatic carbocycles. The number of hydrogen-bond acceptors (Lipinski definition) is 3. The summed E-state index contributed by atoms with van der Waals surface area (Å²) in [5, 5.41) is 16.4. The van der Waals surface area contributed by atoms with Crippen LogP contribution in [-0.4, -0.2) is 45.2 Å². The molecule has 1 saturated heterocycles. The van der Waals surface area contributed by atoms with Gasteiger partial charge < -0.3 is 10.0 Å². The van der Waals surface area contributed by atoms with Gasteiger partial charge in [0.15, 0.2) is 0 Å². The van der Waals surface area contributed by atoms with Crippen LogP contribution in [0, 0.1) is 31.6 Å². The number of rotatable bonds is 5. The van der Waals surface area contributed by atoms with Crippen LogP contribution in [-0.2, 0) is 16.0 Å². The van der Waals surface area contributed by atoms with Crippen LogP contribution in [0.1, 0.15) is 36.2 Å². The molecule has 1 aromatic heterocycles. The summed E-state index contributed by atoms with van der Waals surface area (Å²) in [5.41, 5.74) is 3.04. The lowest BCUT2D eigenvalue weighted by Gasteiger charge is -2.16. The van der Waals surface area contributed by atoms with Gasteiger partial charge >= 0.3 is 5.97 Å². The molecule has 0 spiro atoms. The zero-order valence-electron chi connectivity index (χ0n) is 13.1. The highest BCUT2D eigenvalue weighted by Gasteiger charge is 2.46. The summed E-state index contributed by atoms with van der Waals surface area (Å²) < 4.78 is 0. The lowest BCUT2D eigenvalue weighted by Crippen LogP contribution is -2.30. The maximum Gasteiger partial charge on any atom is 0.308 e. The van der Waals surface area contributed by atoms with Gasteiger partial charge in [-0.05, 0) is 50.5 Å². The highest BCUT2D eigenvalue weighted by atomic mass is 16.4. The van der Waals surface area contributed by atoms with E-state index in [1.54, 1.807) is 4.90 Å². The van der Waals surface area contributed by atoms with Crippen molar-refractivity contribution in [3.8, 4) is 0 Å². The maximum atomic E-state index is 12.4. The minimum Gasteiger partial charge on any atom is -0.481 e. The lowest BCUT2D eigenvalue weighted by molar-refractivity contribution is -0.142. The molecule has 120 valence electrons. The van der Waals surface area contributed by atoms with E-state index in [1.165, 1.54) is 0 Å². The van der Waals surface area contributed by atoms with E-state index in [2.05, 4.69) is 10.2 Å². The average Bonchev–Trinajstić information content (AvgIpc) is 3.14. The van der Waals surface area contributed by atoms with Gasteiger partial charge in [0, 0.05) is 25.2 Å². The van der Waals surface area contributed by atoms with Crippen LogP contribution in [0.3, 0.4) is 0 Å². The fourth-order valence-electron chi connectivity index (χ4n) is 3.63. The molecule has 6 nitrogen and oxygen atoms in total. The molecule has 2 N–H and O–H groups in total. The molecule has 1 aliphatic heterocycles. The second kappa shape index (κ2) is 5.74. The molecule has 0 radical (unpaired) electrons. The molecule has 2 atom stereocenters. The quantitative estimate of drug-likeness (QED) is 0.863. The van der Waals surface area contributed by atoms with Crippen molar-refractivity contribution in [1.29, 1.82) is 0 Å². The summed E-state index contributed by atoms with van der Waals surface area (Å²) in [6, 6.07) is 0. The average molecular weight is 305 g/mol. The van der Waals surface area contributed by atoms with Crippen LogP contribution < -0.4 is 0 Å². The molecule has 0 unspecified atom stereocenters. The largest absolute Gasteiger partial charge is 0.481 e. The second-order valence-corrected chi connectivity index (χ2v) is 6.66. The summed E-state index contributed by atoms with van der Waals surface area (Å²) in [5.74, 6) is -0.409. The number of carbonyl (C=O) groups is 2. The number of aryl methyl sites for hydroxylation is 2. The van der Waals surface area contributed by atoms with Crippen molar-refractivity contribution in [1.82, 2.24) is 15.1 Å². The molecule has 2 aliphatic rings. The predicted molar refractivity (Wildman–Crippen MR) is 80.3 cm³/mol. The number of amides is 1. The van der Waals surface area contributed by atoms with Crippen molar-refractivity contribution >= 4 is 11.9 Å². The van der Waals surface area contributed by atoms with Gasteiger partial charge in [-0.25, -0.2) is 0 Å². The Hall–Kier alpha value is -1.85. The molecular formula is C16H23N3O3. The van der Waals surface area contributed by atoms with Crippen LogP contribution >= 0.6 is 0 Å². The van der Waals surface area contributed by atoms with Gasteiger partial charge in [0.2, 0.25) is 5.91 Å². The van der Waals surface area contributed by atoms with Crippen molar-refractivity contribution in [3.63, 3.8) is 0 Å². The Bertz CT molecular complexity index is 572. The summed E-state index contributed by atoms with van der Waals surface area (Å²) in [7, 11) is 0. The first kappa shape index (κ1) is 15.1. The first-order chi connectivity index (χ1) is 10.5. The van der Waals surface area contributed by atoms with E-state index in [0.29, 0.717) is 31.8 Å². The van der Waals surface area contributed by atoms with E-state index < -0.39 is 5.97 Å². The highest BCUT2D eigenvalue weighted by Crippen LogP contribution is 2.44. The number of carbonyl (C=O) groups excluding carboxylic acids is 1. The Morgan fingerprint density at radius 1 is 1.32 bits per heavy atom. The molecule has 1 aromatic rings. The third kappa shape index (κ3) is 2.87. The van der Waals surface area contributed by atoms with Crippen LogP contribution in [0.5, 0.6) is 0 Å². The topological polar surface area (TPSA) is 86.3 Å². The lowest BCUT2D eigenvalue weighted by atomic mass is 9.92. The van der Waals surface area contributed by atoms with Gasteiger partial charge in [0.1, 0.15) is 0 Å². The van der Waals surface area contributed by atoms with Gasteiger partial charge in [-0.3, -0.25) is 14.7 Å². The molecule has 3 rings (SSSR count). The number of H-pyrrole nitrogens is 1. The number of aromatic nitrogens is 2. The third-order valence-corrected chi connectivity index (χ3v) is 5.13. The Balaban J connectivity index is 1.60. The minimum atomic E-state index is -0.756. The summed E-state index contributed by atoms with van der Waals surface area (Å²) in [6.07, 6.45) is 3.31. The second-order valence-electron chi connectivity index (χ2n) is 6.66. The summed E-state index contributed by atoms with van der Waals surface area (Å²) in [6.45, 7) is 4.88. The zero-order chi connectivity index (χ0) is 15.9. The minimum absolute atomic E-state index is 0.0643. The van der Waals surface area contributed by atoms with Crippen molar-refractivity contribution in [2.45, 2.75) is 39.5 Å².